The molecule has 0 saturated carbocycles. The largest absolute Gasteiger partial charge is 0.507 e. The monoisotopic (exact) mass is 510 g/mol. The summed E-state index contributed by atoms with van der Waals surface area (Å²) in [5.41, 5.74) is 4.40. The maximum absolute atomic E-state index is 13.2. The van der Waals surface area contributed by atoms with Crippen LogP contribution in [-0.4, -0.2) is 56.9 Å². The summed E-state index contributed by atoms with van der Waals surface area (Å²) in [6.45, 7) is 6.38. The van der Waals surface area contributed by atoms with Gasteiger partial charge in [0, 0.05) is 40.5 Å². The van der Waals surface area contributed by atoms with E-state index < -0.39 is 6.67 Å². The summed E-state index contributed by atoms with van der Waals surface area (Å²) in [4.78, 5) is 19.7. The zero-order valence-electron chi connectivity index (χ0n) is 20.5. The number of phenolic OH excluding ortho intramolecular Hbond substituents is 1. The van der Waals surface area contributed by atoms with Crippen molar-refractivity contribution in [2.75, 3.05) is 26.4 Å². The first kappa shape index (κ1) is 25.4. The number of phenols is 1. The topological polar surface area (TPSA) is 80.0 Å². The highest BCUT2D eigenvalue weighted by Crippen LogP contribution is 2.34. The van der Waals surface area contributed by atoms with Crippen LogP contribution in [0.1, 0.15) is 25.1 Å². The Kier molecular flexibility index (Phi) is 7.74. The van der Waals surface area contributed by atoms with Crippen molar-refractivity contribution in [2.45, 2.75) is 27.2 Å². The average molecular weight is 511 g/mol. The summed E-state index contributed by atoms with van der Waals surface area (Å²) in [6.07, 6.45) is 0.109. The zero-order valence-corrected chi connectivity index (χ0v) is 21.2. The van der Waals surface area contributed by atoms with E-state index in [9.17, 15) is 14.3 Å². The van der Waals surface area contributed by atoms with Gasteiger partial charge in [0.25, 0.3) is 0 Å². The number of rotatable bonds is 9. The molecule has 2 heterocycles. The van der Waals surface area contributed by atoms with Crippen molar-refractivity contribution in [3.8, 4) is 34.0 Å². The van der Waals surface area contributed by atoms with Gasteiger partial charge in [0.05, 0.1) is 17.8 Å². The minimum absolute atomic E-state index is 0.0143. The van der Waals surface area contributed by atoms with E-state index in [2.05, 4.69) is 0 Å². The molecular weight excluding hydrogens is 483 g/mol. The lowest BCUT2D eigenvalue weighted by molar-refractivity contribution is -0.130. The predicted octanol–water partition coefficient (Wildman–Crippen LogP) is 5.49. The Bertz CT molecular complexity index is 1380. The van der Waals surface area contributed by atoms with E-state index in [1.54, 1.807) is 33.7 Å². The molecule has 2 aromatic heterocycles. The van der Waals surface area contributed by atoms with Crippen molar-refractivity contribution in [1.29, 1.82) is 0 Å². The van der Waals surface area contributed by atoms with E-state index in [0.29, 0.717) is 52.0 Å². The first-order valence-electron chi connectivity index (χ1n) is 11.8. The second-order valence-corrected chi connectivity index (χ2v) is 8.75. The van der Waals surface area contributed by atoms with Gasteiger partial charge in [0.1, 0.15) is 24.8 Å². The van der Waals surface area contributed by atoms with Gasteiger partial charge in [0.2, 0.25) is 5.91 Å². The molecule has 0 bridgehead atoms. The number of amides is 1. The van der Waals surface area contributed by atoms with Crippen LogP contribution in [0.4, 0.5) is 4.39 Å². The number of carbonyl (C=O) groups excluding carboxylic acids is 1. The van der Waals surface area contributed by atoms with Gasteiger partial charge in [-0.2, -0.15) is 5.10 Å². The van der Waals surface area contributed by atoms with E-state index in [4.69, 9.17) is 26.4 Å². The van der Waals surface area contributed by atoms with Crippen LogP contribution < -0.4 is 4.74 Å². The smallest absolute Gasteiger partial charge is 0.227 e. The molecule has 4 aromatic rings. The summed E-state index contributed by atoms with van der Waals surface area (Å²) in [6, 6.07) is 13.8. The summed E-state index contributed by atoms with van der Waals surface area (Å²) < 4.78 is 19.5. The molecule has 0 aliphatic rings. The van der Waals surface area contributed by atoms with Crippen molar-refractivity contribution in [1.82, 2.24) is 19.5 Å². The summed E-state index contributed by atoms with van der Waals surface area (Å²) >= 11 is 6.18. The molecule has 0 unspecified atom stereocenters. The van der Waals surface area contributed by atoms with Crippen molar-refractivity contribution in [2.24, 2.45) is 0 Å². The van der Waals surface area contributed by atoms with Gasteiger partial charge in [-0.15, -0.1) is 0 Å². The van der Waals surface area contributed by atoms with Gasteiger partial charge < -0.3 is 14.7 Å². The normalized spacial score (nSPS) is 11.1. The maximum atomic E-state index is 13.2. The average Bonchev–Trinajstić information content (AvgIpc) is 3.24. The number of aromatic nitrogens is 3. The number of hydrogen-bond acceptors (Lipinski definition) is 5. The third kappa shape index (κ3) is 5.14. The molecule has 0 saturated heterocycles. The van der Waals surface area contributed by atoms with Gasteiger partial charge >= 0.3 is 0 Å². The van der Waals surface area contributed by atoms with Gasteiger partial charge in [-0.1, -0.05) is 11.6 Å². The van der Waals surface area contributed by atoms with Crippen molar-refractivity contribution >= 4 is 23.2 Å². The number of hydrogen-bond donors (Lipinski definition) is 1. The highest BCUT2D eigenvalue weighted by molar-refractivity contribution is 6.31. The summed E-state index contributed by atoms with van der Waals surface area (Å²) in [5, 5.41) is 15.7. The van der Waals surface area contributed by atoms with E-state index in [1.807, 2.05) is 39.0 Å². The number of fused-ring (bicyclic) bond motifs is 1. The summed E-state index contributed by atoms with van der Waals surface area (Å²) in [5.74, 6) is 0.573. The number of aryl methyl sites for hydroxylation is 1. The second kappa shape index (κ2) is 11.0. The number of halogens is 2. The third-order valence-electron chi connectivity index (χ3n) is 6.01. The fourth-order valence-corrected chi connectivity index (χ4v) is 4.33. The predicted molar refractivity (Wildman–Crippen MR) is 138 cm³/mol. The zero-order chi connectivity index (χ0) is 25.8. The first-order chi connectivity index (χ1) is 17.4. The first-order valence-corrected chi connectivity index (χ1v) is 12.2. The molecule has 0 aliphatic heterocycles. The van der Waals surface area contributed by atoms with Gasteiger partial charge in [-0.3, -0.25) is 4.79 Å². The Labute approximate surface area is 214 Å². The molecular formula is C27H28ClFN4O3. The number of ether oxygens (including phenoxy) is 1. The molecule has 36 heavy (non-hydrogen) atoms. The molecule has 0 radical (unpaired) electrons. The van der Waals surface area contributed by atoms with E-state index in [-0.39, 0.29) is 24.7 Å². The molecule has 0 atom stereocenters. The number of alkyl halides is 1. The van der Waals surface area contributed by atoms with Gasteiger partial charge in [-0.25, -0.2) is 13.9 Å². The molecule has 188 valence electrons. The molecule has 1 N–H and O–H groups in total. The quantitative estimate of drug-likeness (QED) is 0.322. The Hall–Kier alpha value is -3.65. The molecule has 7 nitrogen and oxygen atoms in total. The van der Waals surface area contributed by atoms with Crippen LogP contribution in [0, 0.1) is 6.92 Å². The Balaban J connectivity index is 1.88. The fraction of sp³-hybridized carbons (Fsp3) is 0.296. The van der Waals surface area contributed by atoms with Crippen molar-refractivity contribution in [3.05, 3.63) is 64.8 Å². The van der Waals surface area contributed by atoms with Crippen LogP contribution in [0.25, 0.3) is 28.2 Å². The lowest BCUT2D eigenvalue weighted by atomic mass is 10.0. The van der Waals surface area contributed by atoms with Crippen LogP contribution in [0.2, 0.25) is 5.02 Å². The Morgan fingerprint density at radius 3 is 2.53 bits per heavy atom. The number of carbonyl (C=O) groups is 1. The highest BCUT2D eigenvalue weighted by atomic mass is 35.5. The minimum atomic E-state index is -0.568. The maximum Gasteiger partial charge on any atom is 0.227 e. The highest BCUT2D eigenvalue weighted by Gasteiger charge is 2.23. The van der Waals surface area contributed by atoms with Crippen LogP contribution in [-0.2, 0) is 11.2 Å². The summed E-state index contributed by atoms with van der Waals surface area (Å²) in [7, 11) is 0. The lowest BCUT2D eigenvalue weighted by Gasteiger charge is -2.18. The lowest BCUT2D eigenvalue weighted by Crippen LogP contribution is -2.31. The van der Waals surface area contributed by atoms with Gasteiger partial charge in [-0.05, 0) is 69.3 Å². The minimum Gasteiger partial charge on any atom is -0.507 e. The van der Waals surface area contributed by atoms with Crippen LogP contribution >= 0.6 is 11.6 Å². The number of benzene rings is 2. The molecule has 1 amide bonds. The molecule has 0 spiro atoms. The SMILES string of the molecule is CCN(CC)C(=O)Cc1c(-c2ccc(OCCF)cc2)nn2c(C)cc(-c3cc(Cl)ccc3O)nc12. The van der Waals surface area contributed by atoms with Crippen molar-refractivity contribution < 1.29 is 19.0 Å². The van der Waals surface area contributed by atoms with E-state index >= 15 is 0 Å². The number of aromatic hydroxyl groups is 1. The standard InChI is InChI=1S/C27H28ClFN4O3/c1-4-32(5-2)25(35)16-22-26(18-6-9-20(10-7-18)36-13-12-29)31-33-17(3)14-23(30-27(22)33)21-15-19(28)8-11-24(21)34/h6-11,14-15,34H,4-5,12-13,16H2,1-3H3. The molecule has 9 heteroatoms. The van der Waals surface area contributed by atoms with E-state index in [1.165, 1.54) is 6.07 Å². The molecule has 2 aromatic carbocycles. The fourth-order valence-electron chi connectivity index (χ4n) is 4.16. The molecule has 4 rings (SSSR count). The van der Waals surface area contributed by atoms with Gasteiger partial charge in [0.15, 0.2) is 5.65 Å². The Morgan fingerprint density at radius 1 is 1.14 bits per heavy atom. The number of nitrogens with zero attached hydrogens (tertiary/aromatic N) is 4. The van der Waals surface area contributed by atoms with Crippen LogP contribution in [0.15, 0.2) is 48.5 Å². The van der Waals surface area contributed by atoms with Crippen LogP contribution in [0.5, 0.6) is 11.5 Å². The second-order valence-electron chi connectivity index (χ2n) is 8.31. The Morgan fingerprint density at radius 2 is 1.86 bits per heavy atom. The molecule has 0 fully saturated rings. The number of likely N-dealkylation sites (N-methyl/N-ethyl adjacent to an activating group) is 1. The van der Waals surface area contributed by atoms with Crippen LogP contribution in [0.3, 0.4) is 0 Å². The van der Waals surface area contributed by atoms with Crippen molar-refractivity contribution in [3.63, 3.8) is 0 Å². The van der Waals surface area contributed by atoms with E-state index in [0.717, 1.165) is 11.3 Å². The third-order valence-corrected chi connectivity index (χ3v) is 6.25. The molecule has 0 aliphatic carbocycles.